The van der Waals surface area contributed by atoms with Gasteiger partial charge in [0.2, 0.25) is 0 Å². The molecule has 2 heterocycles. The van der Waals surface area contributed by atoms with E-state index in [0.29, 0.717) is 6.42 Å². The van der Waals surface area contributed by atoms with E-state index in [1.165, 1.54) is 0 Å². The SMILES string of the molecule is CCC(NC(=O)Nc1ccc(Cc2n[nH]c(C)n2)cc1)c1ccnn1C. The summed E-state index contributed by atoms with van der Waals surface area (Å²) in [7, 11) is 1.87. The molecule has 2 amide bonds. The molecular formula is C18H23N7O. The van der Waals surface area contributed by atoms with Crippen LogP contribution in [-0.2, 0) is 13.5 Å². The van der Waals surface area contributed by atoms with Crippen LogP contribution in [-0.4, -0.2) is 31.0 Å². The van der Waals surface area contributed by atoms with E-state index in [4.69, 9.17) is 0 Å². The third kappa shape index (κ3) is 4.27. The quantitative estimate of drug-likeness (QED) is 0.634. The normalized spacial score (nSPS) is 12.0. The average molecular weight is 353 g/mol. The van der Waals surface area contributed by atoms with Crippen LogP contribution in [0.2, 0.25) is 0 Å². The van der Waals surface area contributed by atoms with Crippen molar-refractivity contribution in [3.05, 3.63) is 59.4 Å². The van der Waals surface area contributed by atoms with Gasteiger partial charge in [-0.05, 0) is 37.1 Å². The van der Waals surface area contributed by atoms with Crippen LogP contribution < -0.4 is 10.6 Å². The Kier molecular flexibility index (Phi) is 5.31. The number of amides is 2. The number of H-pyrrole nitrogens is 1. The van der Waals surface area contributed by atoms with Gasteiger partial charge in [0, 0.05) is 25.4 Å². The highest BCUT2D eigenvalue weighted by molar-refractivity contribution is 5.89. The minimum atomic E-state index is -0.240. The maximum atomic E-state index is 12.3. The number of carbonyl (C=O) groups is 1. The van der Waals surface area contributed by atoms with Crippen LogP contribution in [0.3, 0.4) is 0 Å². The van der Waals surface area contributed by atoms with E-state index in [2.05, 4.69) is 30.9 Å². The van der Waals surface area contributed by atoms with Crippen molar-refractivity contribution >= 4 is 11.7 Å². The lowest BCUT2D eigenvalue weighted by molar-refractivity contribution is 0.247. The molecule has 3 aromatic rings. The molecule has 2 aromatic heterocycles. The number of anilines is 1. The number of aromatic amines is 1. The third-order valence-corrected chi connectivity index (χ3v) is 4.15. The van der Waals surface area contributed by atoms with E-state index in [0.717, 1.165) is 35.0 Å². The summed E-state index contributed by atoms with van der Waals surface area (Å²) >= 11 is 0. The zero-order valence-electron chi connectivity index (χ0n) is 15.2. The monoisotopic (exact) mass is 353 g/mol. The largest absolute Gasteiger partial charge is 0.330 e. The first-order valence-electron chi connectivity index (χ1n) is 8.57. The lowest BCUT2D eigenvalue weighted by atomic mass is 10.1. The van der Waals surface area contributed by atoms with E-state index >= 15 is 0 Å². The maximum absolute atomic E-state index is 12.3. The van der Waals surface area contributed by atoms with Crippen LogP contribution in [0.5, 0.6) is 0 Å². The molecule has 0 bridgehead atoms. The summed E-state index contributed by atoms with van der Waals surface area (Å²) in [5.74, 6) is 1.55. The van der Waals surface area contributed by atoms with E-state index in [-0.39, 0.29) is 12.1 Å². The molecule has 136 valence electrons. The van der Waals surface area contributed by atoms with Crippen molar-refractivity contribution in [3.8, 4) is 0 Å². The second kappa shape index (κ2) is 7.81. The molecule has 0 fully saturated rings. The standard InChI is InChI=1S/C18H23N7O/c1-4-15(16-9-10-19-25(16)3)22-18(26)21-14-7-5-13(6-8-14)11-17-20-12(2)23-24-17/h5-10,15H,4,11H2,1-3H3,(H,20,23,24)(H2,21,22,26). The molecule has 0 saturated heterocycles. The highest BCUT2D eigenvalue weighted by Gasteiger charge is 2.15. The molecule has 0 aliphatic carbocycles. The average Bonchev–Trinajstić information content (AvgIpc) is 3.23. The lowest BCUT2D eigenvalue weighted by Gasteiger charge is -2.17. The van der Waals surface area contributed by atoms with Gasteiger partial charge in [-0.1, -0.05) is 19.1 Å². The van der Waals surface area contributed by atoms with Crippen LogP contribution in [0.1, 0.15) is 42.3 Å². The van der Waals surface area contributed by atoms with Gasteiger partial charge in [0.15, 0.2) is 5.82 Å². The second-order valence-electron chi connectivity index (χ2n) is 6.15. The number of urea groups is 1. The smallest absolute Gasteiger partial charge is 0.319 e. The van der Waals surface area contributed by atoms with E-state index in [9.17, 15) is 4.79 Å². The molecule has 0 aliphatic heterocycles. The van der Waals surface area contributed by atoms with Gasteiger partial charge in [-0.25, -0.2) is 9.78 Å². The van der Waals surface area contributed by atoms with Gasteiger partial charge >= 0.3 is 6.03 Å². The van der Waals surface area contributed by atoms with Crippen molar-refractivity contribution in [3.63, 3.8) is 0 Å². The van der Waals surface area contributed by atoms with Crippen LogP contribution in [0.15, 0.2) is 36.5 Å². The fourth-order valence-corrected chi connectivity index (χ4v) is 2.79. The first-order valence-corrected chi connectivity index (χ1v) is 8.57. The first kappa shape index (κ1) is 17.7. The zero-order chi connectivity index (χ0) is 18.5. The number of hydrogen-bond acceptors (Lipinski definition) is 4. The topological polar surface area (TPSA) is 101 Å². The summed E-state index contributed by atoms with van der Waals surface area (Å²) in [6, 6.07) is 9.25. The number of aromatic nitrogens is 5. The van der Waals surface area contributed by atoms with Gasteiger partial charge in [0.25, 0.3) is 0 Å². The summed E-state index contributed by atoms with van der Waals surface area (Å²) in [5.41, 5.74) is 2.79. The van der Waals surface area contributed by atoms with Crippen molar-refractivity contribution in [2.45, 2.75) is 32.7 Å². The molecule has 1 aromatic carbocycles. The Morgan fingerprint density at radius 1 is 1.27 bits per heavy atom. The minimum Gasteiger partial charge on any atom is -0.330 e. The molecule has 3 rings (SSSR count). The van der Waals surface area contributed by atoms with E-state index in [1.54, 1.807) is 10.9 Å². The first-order chi connectivity index (χ1) is 12.5. The highest BCUT2D eigenvalue weighted by atomic mass is 16.2. The fraction of sp³-hybridized carbons (Fsp3) is 0.333. The summed E-state index contributed by atoms with van der Waals surface area (Å²) < 4.78 is 1.77. The number of aryl methyl sites for hydroxylation is 2. The number of benzene rings is 1. The van der Waals surface area contributed by atoms with E-state index in [1.807, 2.05) is 51.2 Å². The van der Waals surface area contributed by atoms with Crippen LogP contribution >= 0.6 is 0 Å². The highest BCUT2D eigenvalue weighted by Crippen LogP contribution is 2.16. The van der Waals surface area contributed by atoms with Crippen molar-refractivity contribution < 1.29 is 4.79 Å². The van der Waals surface area contributed by atoms with Crippen molar-refractivity contribution in [1.29, 1.82) is 0 Å². The molecule has 1 unspecified atom stereocenters. The van der Waals surface area contributed by atoms with Gasteiger partial charge in [-0.2, -0.15) is 10.2 Å². The molecule has 8 nitrogen and oxygen atoms in total. The van der Waals surface area contributed by atoms with Gasteiger partial charge in [-0.15, -0.1) is 0 Å². The minimum absolute atomic E-state index is 0.0873. The Morgan fingerprint density at radius 2 is 2.04 bits per heavy atom. The van der Waals surface area contributed by atoms with Gasteiger partial charge in [0.1, 0.15) is 5.82 Å². The Balaban J connectivity index is 1.58. The Morgan fingerprint density at radius 3 is 2.62 bits per heavy atom. The van der Waals surface area contributed by atoms with Crippen LogP contribution in [0.4, 0.5) is 10.5 Å². The Labute approximate surface area is 152 Å². The molecule has 1 atom stereocenters. The second-order valence-corrected chi connectivity index (χ2v) is 6.15. The number of nitrogens with one attached hydrogen (secondary N) is 3. The van der Waals surface area contributed by atoms with Crippen molar-refractivity contribution in [1.82, 2.24) is 30.3 Å². The zero-order valence-corrected chi connectivity index (χ0v) is 15.2. The summed E-state index contributed by atoms with van der Waals surface area (Å²) in [5, 5.41) is 17.0. The van der Waals surface area contributed by atoms with Crippen LogP contribution in [0, 0.1) is 6.92 Å². The van der Waals surface area contributed by atoms with Gasteiger partial charge in [-0.3, -0.25) is 9.78 Å². The Bertz CT molecular complexity index is 866. The third-order valence-electron chi connectivity index (χ3n) is 4.15. The number of nitrogens with zero attached hydrogens (tertiary/aromatic N) is 4. The van der Waals surface area contributed by atoms with Crippen molar-refractivity contribution in [2.75, 3.05) is 5.32 Å². The molecule has 3 N–H and O–H groups in total. The van der Waals surface area contributed by atoms with Crippen molar-refractivity contribution in [2.24, 2.45) is 7.05 Å². The molecule has 0 spiro atoms. The summed E-state index contributed by atoms with van der Waals surface area (Å²) in [6.45, 7) is 3.90. The lowest BCUT2D eigenvalue weighted by Crippen LogP contribution is -2.33. The van der Waals surface area contributed by atoms with Crippen LogP contribution in [0.25, 0.3) is 0 Å². The summed E-state index contributed by atoms with van der Waals surface area (Å²) in [4.78, 5) is 16.6. The van der Waals surface area contributed by atoms with Gasteiger partial charge in [0.05, 0.1) is 11.7 Å². The number of rotatable bonds is 6. The fourth-order valence-electron chi connectivity index (χ4n) is 2.79. The van der Waals surface area contributed by atoms with Gasteiger partial charge < -0.3 is 10.6 Å². The number of carbonyl (C=O) groups excluding carboxylic acids is 1. The summed E-state index contributed by atoms with van der Waals surface area (Å²) in [6.07, 6.45) is 3.16. The molecule has 0 radical (unpaired) electrons. The number of hydrogen-bond donors (Lipinski definition) is 3. The molecule has 0 aliphatic rings. The molecule has 0 saturated carbocycles. The molecule has 8 heteroatoms. The van der Waals surface area contributed by atoms with E-state index < -0.39 is 0 Å². The predicted molar refractivity (Wildman–Crippen MR) is 98.8 cm³/mol. The molecular weight excluding hydrogens is 330 g/mol. The molecule has 26 heavy (non-hydrogen) atoms. The Hall–Kier alpha value is -3.16. The predicted octanol–water partition coefficient (Wildman–Crippen LogP) is 2.71. The maximum Gasteiger partial charge on any atom is 0.319 e.